The number of pyridine rings is 1. The fraction of sp³-hybridized carbons (Fsp3) is 0.312. The van der Waals surface area contributed by atoms with Gasteiger partial charge in [-0.25, -0.2) is 0 Å². The first-order valence-electron chi connectivity index (χ1n) is 6.91. The van der Waals surface area contributed by atoms with Crippen molar-refractivity contribution in [2.45, 2.75) is 13.3 Å². The molecule has 1 N–H and O–H groups in total. The average Bonchev–Trinajstić information content (AvgIpc) is 2.52. The van der Waals surface area contributed by atoms with E-state index in [1.54, 1.807) is 0 Å². The topological polar surface area (TPSA) is 68.3 Å². The van der Waals surface area contributed by atoms with Gasteiger partial charge in [-0.3, -0.25) is 14.6 Å². The molecule has 1 heterocycles. The normalized spacial score (nSPS) is 10.5. The number of esters is 1. The van der Waals surface area contributed by atoms with Crippen molar-refractivity contribution in [3.8, 4) is 0 Å². The van der Waals surface area contributed by atoms with Gasteiger partial charge in [-0.15, -0.1) is 11.8 Å². The lowest BCUT2D eigenvalue weighted by Gasteiger charge is -2.08. The fourth-order valence-corrected chi connectivity index (χ4v) is 2.70. The Labute approximate surface area is 133 Å². The number of amides is 1. The summed E-state index contributed by atoms with van der Waals surface area (Å²) in [5.74, 6) is 0.462. The monoisotopic (exact) mass is 318 g/mol. The van der Waals surface area contributed by atoms with Gasteiger partial charge in [-0.1, -0.05) is 18.2 Å². The Morgan fingerprint density at radius 2 is 2.09 bits per heavy atom. The highest BCUT2D eigenvalue weighted by Crippen LogP contribution is 2.22. The summed E-state index contributed by atoms with van der Waals surface area (Å²) in [5, 5.41) is 3.87. The number of aromatic nitrogens is 1. The third-order valence-electron chi connectivity index (χ3n) is 3.05. The zero-order valence-electron chi connectivity index (χ0n) is 12.6. The first-order valence-corrected chi connectivity index (χ1v) is 8.06. The quantitative estimate of drug-likeness (QED) is 0.655. The van der Waals surface area contributed by atoms with Crippen molar-refractivity contribution >= 4 is 40.2 Å². The number of carbonyl (C=O) groups is 2. The van der Waals surface area contributed by atoms with Gasteiger partial charge < -0.3 is 10.1 Å². The number of fused-ring (bicyclic) bond motifs is 1. The van der Waals surface area contributed by atoms with Crippen LogP contribution in [0.2, 0.25) is 0 Å². The van der Waals surface area contributed by atoms with E-state index in [0.29, 0.717) is 17.9 Å². The number of anilines is 1. The largest absolute Gasteiger partial charge is 0.468 e. The molecule has 0 saturated heterocycles. The predicted molar refractivity (Wildman–Crippen MR) is 89.1 cm³/mol. The van der Waals surface area contributed by atoms with Crippen LogP contribution < -0.4 is 5.32 Å². The Hall–Kier alpha value is -2.08. The molecule has 2 rings (SSSR count). The molecule has 1 aromatic heterocycles. The van der Waals surface area contributed by atoms with Crippen molar-refractivity contribution in [3.05, 3.63) is 36.0 Å². The van der Waals surface area contributed by atoms with Crippen LogP contribution >= 0.6 is 11.8 Å². The van der Waals surface area contributed by atoms with Gasteiger partial charge in [-0.2, -0.15) is 0 Å². The summed E-state index contributed by atoms with van der Waals surface area (Å²) in [6.45, 7) is 1.92. The highest BCUT2D eigenvalue weighted by molar-refractivity contribution is 7.99. The molecule has 0 atom stereocenters. The van der Waals surface area contributed by atoms with Crippen molar-refractivity contribution in [1.29, 1.82) is 0 Å². The van der Waals surface area contributed by atoms with E-state index in [2.05, 4.69) is 15.0 Å². The highest BCUT2D eigenvalue weighted by atomic mass is 32.2. The van der Waals surface area contributed by atoms with Gasteiger partial charge in [0.25, 0.3) is 0 Å². The van der Waals surface area contributed by atoms with Gasteiger partial charge in [0.05, 0.1) is 24.1 Å². The number of benzene rings is 1. The van der Waals surface area contributed by atoms with Crippen molar-refractivity contribution in [2.75, 3.05) is 23.9 Å². The maximum atomic E-state index is 12.0. The SMILES string of the molecule is COC(=O)CSCCC(=O)Nc1cccc2ccc(C)nc12. The fourth-order valence-electron chi connectivity index (χ4n) is 1.94. The molecule has 22 heavy (non-hydrogen) atoms. The number of thioether (sulfide) groups is 1. The lowest BCUT2D eigenvalue weighted by molar-refractivity contribution is -0.137. The second-order valence-electron chi connectivity index (χ2n) is 4.76. The van der Waals surface area contributed by atoms with Gasteiger partial charge in [0.15, 0.2) is 0 Å². The zero-order valence-corrected chi connectivity index (χ0v) is 13.4. The summed E-state index contributed by atoms with van der Waals surface area (Å²) in [5.41, 5.74) is 2.41. The summed E-state index contributed by atoms with van der Waals surface area (Å²) in [4.78, 5) is 27.4. The Morgan fingerprint density at radius 1 is 1.27 bits per heavy atom. The maximum absolute atomic E-state index is 12.0. The standard InChI is InChI=1S/C16H18N2O3S/c1-11-6-7-12-4-3-5-13(16(12)17-11)18-14(19)8-9-22-10-15(20)21-2/h3-7H,8-10H2,1-2H3,(H,18,19). The molecule has 0 unspecified atom stereocenters. The molecule has 0 radical (unpaired) electrons. The predicted octanol–water partition coefficient (Wildman–Crippen LogP) is 2.78. The van der Waals surface area contributed by atoms with Gasteiger partial charge >= 0.3 is 5.97 Å². The molecule has 0 aliphatic heterocycles. The van der Waals surface area contributed by atoms with Crippen LogP contribution in [0.15, 0.2) is 30.3 Å². The number of methoxy groups -OCH3 is 1. The Morgan fingerprint density at radius 3 is 2.86 bits per heavy atom. The average molecular weight is 318 g/mol. The summed E-state index contributed by atoms with van der Waals surface area (Å²) < 4.78 is 4.54. The van der Waals surface area contributed by atoms with E-state index in [1.807, 2.05) is 37.3 Å². The number of hydrogen-bond donors (Lipinski definition) is 1. The molecular formula is C16H18N2O3S. The lowest BCUT2D eigenvalue weighted by Crippen LogP contribution is -2.13. The molecule has 1 aromatic carbocycles. The van der Waals surface area contributed by atoms with Crippen LogP contribution in [0.25, 0.3) is 10.9 Å². The van der Waals surface area contributed by atoms with Gasteiger partial charge in [0, 0.05) is 23.3 Å². The van der Waals surface area contributed by atoms with E-state index in [-0.39, 0.29) is 17.6 Å². The maximum Gasteiger partial charge on any atom is 0.315 e. The lowest BCUT2D eigenvalue weighted by atomic mass is 10.1. The molecule has 5 nitrogen and oxygen atoms in total. The van der Waals surface area contributed by atoms with Crippen LogP contribution in [0.5, 0.6) is 0 Å². The van der Waals surface area contributed by atoms with Crippen LogP contribution in [0.3, 0.4) is 0 Å². The van der Waals surface area contributed by atoms with E-state index >= 15 is 0 Å². The number of para-hydroxylation sites is 1. The van der Waals surface area contributed by atoms with E-state index < -0.39 is 0 Å². The molecule has 0 saturated carbocycles. The van der Waals surface area contributed by atoms with E-state index in [0.717, 1.165) is 16.6 Å². The number of ether oxygens (including phenoxy) is 1. The first kappa shape index (κ1) is 16.3. The Bertz CT molecular complexity index is 688. The second-order valence-corrected chi connectivity index (χ2v) is 5.86. The van der Waals surface area contributed by atoms with Crippen LogP contribution in [0.4, 0.5) is 5.69 Å². The Balaban J connectivity index is 1.94. The van der Waals surface area contributed by atoms with Crippen LogP contribution in [0.1, 0.15) is 12.1 Å². The number of nitrogens with one attached hydrogen (secondary N) is 1. The molecular weight excluding hydrogens is 300 g/mol. The van der Waals surface area contributed by atoms with Gasteiger partial charge in [0.1, 0.15) is 0 Å². The van der Waals surface area contributed by atoms with Crippen molar-refractivity contribution < 1.29 is 14.3 Å². The first-order chi connectivity index (χ1) is 10.6. The zero-order chi connectivity index (χ0) is 15.9. The molecule has 0 fully saturated rings. The summed E-state index contributed by atoms with van der Waals surface area (Å²) in [6, 6.07) is 9.62. The molecule has 2 aromatic rings. The minimum Gasteiger partial charge on any atom is -0.468 e. The molecule has 1 amide bonds. The van der Waals surface area contributed by atoms with Crippen molar-refractivity contribution in [3.63, 3.8) is 0 Å². The van der Waals surface area contributed by atoms with E-state index in [4.69, 9.17) is 0 Å². The Kier molecular flexibility index (Phi) is 5.77. The smallest absolute Gasteiger partial charge is 0.315 e. The van der Waals surface area contributed by atoms with Gasteiger partial charge in [-0.05, 0) is 19.1 Å². The number of hydrogen-bond acceptors (Lipinski definition) is 5. The minimum absolute atomic E-state index is 0.0897. The summed E-state index contributed by atoms with van der Waals surface area (Å²) in [7, 11) is 1.35. The molecule has 0 bridgehead atoms. The third-order valence-corrected chi connectivity index (χ3v) is 3.99. The number of nitrogens with zero attached hydrogens (tertiary/aromatic N) is 1. The molecule has 0 spiro atoms. The van der Waals surface area contributed by atoms with Crippen LogP contribution in [-0.4, -0.2) is 35.5 Å². The number of aryl methyl sites for hydroxylation is 1. The van der Waals surface area contributed by atoms with Gasteiger partial charge in [0.2, 0.25) is 5.91 Å². The molecule has 6 heteroatoms. The third kappa shape index (κ3) is 4.46. The minimum atomic E-state index is -0.279. The van der Waals surface area contributed by atoms with E-state index in [1.165, 1.54) is 18.9 Å². The van der Waals surface area contributed by atoms with E-state index in [9.17, 15) is 9.59 Å². The molecule has 116 valence electrons. The van der Waals surface area contributed by atoms with Crippen LogP contribution in [-0.2, 0) is 14.3 Å². The summed E-state index contributed by atoms with van der Waals surface area (Å²) >= 11 is 1.38. The molecule has 0 aliphatic rings. The van der Waals surface area contributed by atoms with Crippen LogP contribution in [0, 0.1) is 6.92 Å². The summed E-state index contributed by atoms with van der Waals surface area (Å²) in [6.07, 6.45) is 0.337. The molecule has 0 aliphatic carbocycles. The number of rotatable bonds is 6. The highest BCUT2D eigenvalue weighted by Gasteiger charge is 2.08. The van der Waals surface area contributed by atoms with Crippen molar-refractivity contribution in [2.24, 2.45) is 0 Å². The number of carbonyl (C=O) groups excluding carboxylic acids is 2. The van der Waals surface area contributed by atoms with Crippen molar-refractivity contribution in [1.82, 2.24) is 4.98 Å². The second kappa shape index (κ2) is 7.79.